The van der Waals surface area contributed by atoms with Crippen molar-refractivity contribution in [1.82, 2.24) is 25.4 Å². The van der Waals surface area contributed by atoms with Gasteiger partial charge < -0.3 is 9.84 Å². The maximum Gasteiger partial charge on any atom is 0.227 e. The van der Waals surface area contributed by atoms with Gasteiger partial charge in [0.15, 0.2) is 0 Å². The van der Waals surface area contributed by atoms with Crippen LogP contribution in [0.4, 0.5) is 0 Å². The molecule has 0 atom stereocenters. The van der Waals surface area contributed by atoms with Crippen molar-refractivity contribution in [2.75, 3.05) is 0 Å². The Hall–Kier alpha value is -3.09. The number of nitrogens with zero attached hydrogens (tertiary/aromatic N) is 4. The molecular formula is C16H15N5O2. The van der Waals surface area contributed by atoms with Gasteiger partial charge in [0.25, 0.3) is 0 Å². The minimum Gasteiger partial charge on any atom is -0.350 e. The van der Waals surface area contributed by atoms with Crippen LogP contribution < -0.4 is 5.32 Å². The third kappa shape index (κ3) is 4.19. The van der Waals surface area contributed by atoms with Crippen LogP contribution in [0.5, 0.6) is 0 Å². The zero-order chi connectivity index (χ0) is 15.9. The lowest BCUT2D eigenvalue weighted by Gasteiger charge is -2.03. The highest BCUT2D eigenvalue weighted by atomic mass is 16.5. The number of rotatable bonds is 6. The van der Waals surface area contributed by atoms with E-state index in [0.717, 1.165) is 11.3 Å². The first-order valence-electron chi connectivity index (χ1n) is 7.21. The summed E-state index contributed by atoms with van der Waals surface area (Å²) in [6.07, 6.45) is 5.70. The molecule has 116 valence electrons. The summed E-state index contributed by atoms with van der Waals surface area (Å²) in [4.78, 5) is 24.2. The molecule has 0 saturated heterocycles. The molecule has 0 aliphatic carbocycles. The minimum atomic E-state index is -0.0863. The summed E-state index contributed by atoms with van der Waals surface area (Å²) in [6, 6.07) is 9.23. The SMILES string of the molecule is O=C(CCc1nc(-c2cccnc2)no1)NCc1ccccn1. The van der Waals surface area contributed by atoms with Gasteiger partial charge in [-0.3, -0.25) is 14.8 Å². The highest BCUT2D eigenvalue weighted by Gasteiger charge is 2.10. The van der Waals surface area contributed by atoms with Crippen LogP contribution in [0.2, 0.25) is 0 Å². The maximum atomic E-state index is 11.8. The van der Waals surface area contributed by atoms with Gasteiger partial charge >= 0.3 is 0 Å². The minimum absolute atomic E-state index is 0.0863. The standard InChI is InChI=1S/C16H15N5O2/c22-14(19-11-13-5-1-2-9-18-13)6-7-15-20-16(21-23-15)12-4-3-8-17-10-12/h1-5,8-10H,6-7,11H2,(H,19,22). The fourth-order valence-corrected chi connectivity index (χ4v) is 1.97. The van der Waals surface area contributed by atoms with E-state index in [9.17, 15) is 4.79 Å². The van der Waals surface area contributed by atoms with Crippen molar-refractivity contribution in [2.45, 2.75) is 19.4 Å². The molecule has 1 amide bonds. The lowest BCUT2D eigenvalue weighted by molar-refractivity contribution is -0.121. The van der Waals surface area contributed by atoms with Crippen LogP contribution in [0.3, 0.4) is 0 Å². The van der Waals surface area contributed by atoms with Gasteiger partial charge in [-0.1, -0.05) is 11.2 Å². The summed E-state index contributed by atoms with van der Waals surface area (Å²) in [5.41, 5.74) is 1.60. The van der Waals surface area contributed by atoms with Gasteiger partial charge in [0.2, 0.25) is 17.6 Å². The molecule has 0 aliphatic heterocycles. The Bertz CT molecular complexity index is 758. The number of pyridine rings is 2. The van der Waals surface area contributed by atoms with Crippen LogP contribution >= 0.6 is 0 Å². The molecule has 0 fully saturated rings. The first-order valence-corrected chi connectivity index (χ1v) is 7.21. The number of amides is 1. The monoisotopic (exact) mass is 309 g/mol. The summed E-state index contributed by atoms with van der Waals surface area (Å²) >= 11 is 0. The van der Waals surface area contributed by atoms with Crippen LogP contribution in [-0.4, -0.2) is 26.0 Å². The van der Waals surface area contributed by atoms with E-state index < -0.39 is 0 Å². The van der Waals surface area contributed by atoms with Crippen molar-refractivity contribution in [3.05, 3.63) is 60.5 Å². The van der Waals surface area contributed by atoms with E-state index in [2.05, 4.69) is 25.4 Å². The first kappa shape index (κ1) is 14.8. The van der Waals surface area contributed by atoms with E-state index in [1.54, 1.807) is 24.7 Å². The van der Waals surface area contributed by atoms with Gasteiger partial charge in [0.1, 0.15) is 0 Å². The second-order valence-corrected chi connectivity index (χ2v) is 4.85. The van der Waals surface area contributed by atoms with E-state index in [0.29, 0.717) is 24.7 Å². The smallest absolute Gasteiger partial charge is 0.227 e. The summed E-state index contributed by atoms with van der Waals surface area (Å²) in [5.74, 6) is 0.815. The van der Waals surface area contributed by atoms with Crippen molar-refractivity contribution in [1.29, 1.82) is 0 Å². The van der Waals surface area contributed by atoms with Crippen LogP contribution in [0.15, 0.2) is 53.4 Å². The van der Waals surface area contributed by atoms with Gasteiger partial charge in [-0.2, -0.15) is 4.98 Å². The van der Waals surface area contributed by atoms with Crippen molar-refractivity contribution in [3.63, 3.8) is 0 Å². The van der Waals surface area contributed by atoms with Crippen LogP contribution in [0.25, 0.3) is 11.4 Å². The average Bonchev–Trinajstić information content (AvgIpc) is 3.09. The molecule has 23 heavy (non-hydrogen) atoms. The molecule has 0 saturated carbocycles. The maximum absolute atomic E-state index is 11.8. The highest BCUT2D eigenvalue weighted by Crippen LogP contribution is 2.14. The largest absolute Gasteiger partial charge is 0.350 e. The topological polar surface area (TPSA) is 93.8 Å². The zero-order valence-electron chi connectivity index (χ0n) is 12.3. The molecule has 1 N–H and O–H groups in total. The number of carbonyl (C=O) groups is 1. The molecule has 0 aliphatic rings. The fraction of sp³-hybridized carbons (Fsp3) is 0.188. The lowest BCUT2D eigenvalue weighted by Crippen LogP contribution is -2.23. The van der Waals surface area contributed by atoms with Gasteiger partial charge in [0.05, 0.1) is 12.2 Å². The van der Waals surface area contributed by atoms with Crippen LogP contribution in [-0.2, 0) is 17.8 Å². The molecule has 3 heterocycles. The van der Waals surface area contributed by atoms with E-state index >= 15 is 0 Å². The predicted molar refractivity (Wildman–Crippen MR) is 81.9 cm³/mol. The van der Waals surface area contributed by atoms with Gasteiger partial charge in [-0.15, -0.1) is 0 Å². The van der Waals surface area contributed by atoms with Crippen LogP contribution in [0, 0.1) is 0 Å². The Balaban J connectivity index is 1.49. The van der Waals surface area contributed by atoms with Crippen molar-refractivity contribution in [2.24, 2.45) is 0 Å². The quantitative estimate of drug-likeness (QED) is 0.746. The molecule has 7 heteroatoms. The average molecular weight is 309 g/mol. The Morgan fingerprint density at radius 1 is 1.17 bits per heavy atom. The van der Waals surface area contributed by atoms with E-state index in [4.69, 9.17) is 4.52 Å². The van der Waals surface area contributed by atoms with E-state index in [1.165, 1.54) is 0 Å². The predicted octanol–water partition coefficient (Wildman–Crippen LogP) is 1.78. The van der Waals surface area contributed by atoms with Crippen molar-refractivity contribution < 1.29 is 9.32 Å². The summed E-state index contributed by atoms with van der Waals surface area (Å²) < 4.78 is 5.15. The van der Waals surface area contributed by atoms with E-state index in [-0.39, 0.29) is 12.3 Å². The Labute approximate surface area is 132 Å². The van der Waals surface area contributed by atoms with Crippen molar-refractivity contribution in [3.8, 4) is 11.4 Å². The molecule has 0 unspecified atom stereocenters. The number of hydrogen-bond donors (Lipinski definition) is 1. The molecule has 3 aromatic rings. The summed E-state index contributed by atoms with van der Waals surface area (Å²) in [5, 5.41) is 6.70. The second kappa shape index (κ2) is 7.26. The summed E-state index contributed by atoms with van der Waals surface area (Å²) in [7, 11) is 0. The zero-order valence-corrected chi connectivity index (χ0v) is 12.3. The van der Waals surface area contributed by atoms with Crippen molar-refractivity contribution >= 4 is 5.91 Å². The Kier molecular flexibility index (Phi) is 4.68. The third-order valence-corrected chi connectivity index (χ3v) is 3.15. The molecule has 0 bridgehead atoms. The molecule has 3 aromatic heterocycles. The lowest BCUT2D eigenvalue weighted by atomic mass is 10.2. The fourth-order valence-electron chi connectivity index (χ4n) is 1.97. The molecule has 3 rings (SSSR count). The van der Waals surface area contributed by atoms with Crippen LogP contribution in [0.1, 0.15) is 18.0 Å². The Morgan fingerprint density at radius 3 is 2.91 bits per heavy atom. The second-order valence-electron chi connectivity index (χ2n) is 4.85. The molecule has 0 radical (unpaired) electrons. The number of nitrogens with one attached hydrogen (secondary N) is 1. The number of hydrogen-bond acceptors (Lipinski definition) is 6. The number of aryl methyl sites for hydroxylation is 1. The number of aromatic nitrogens is 4. The molecule has 7 nitrogen and oxygen atoms in total. The molecule has 0 aromatic carbocycles. The summed E-state index contributed by atoms with van der Waals surface area (Å²) in [6.45, 7) is 0.407. The van der Waals surface area contributed by atoms with E-state index in [1.807, 2.05) is 24.3 Å². The number of carbonyl (C=O) groups excluding carboxylic acids is 1. The first-order chi connectivity index (χ1) is 11.3. The van der Waals surface area contributed by atoms with Gasteiger partial charge in [-0.25, -0.2) is 0 Å². The molecular weight excluding hydrogens is 294 g/mol. The molecule has 0 spiro atoms. The normalized spacial score (nSPS) is 10.4. The van der Waals surface area contributed by atoms with Gasteiger partial charge in [0, 0.05) is 37.0 Å². The third-order valence-electron chi connectivity index (χ3n) is 3.15. The Morgan fingerprint density at radius 2 is 2.13 bits per heavy atom. The highest BCUT2D eigenvalue weighted by molar-refractivity contribution is 5.75. The van der Waals surface area contributed by atoms with Gasteiger partial charge in [-0.05, 0) is 24.3 Å².